The molecule has 0 saturated carbocycles. The van der Waals surface area contributed by atoms with Gasteiger partial charge in [-0.15, -0.1) is 24.0 Å². The van der Waals surface area contributed by atoms with E-state index in [1.165, 1.54) is 5.57 Å². The molecule has 7 nitrogen and oxygen atoms in total. The number of hydrogen-bond acceptors (Lipinski definition) is 4. The number of nitrogens with one attached hydrogen (secondary N) is 2. The average molecular weight is 515 g/mol. The van der Waals surface area contributed by atoms with E-state index in [1.54, 1.807) is 6.07 Å². The van der Waals surface area contributed by atoms with Crippen LogP contribution in [0.25, 0.3) is 0 Å². The number of piperidine rings is 1. The first-order valence-corrected chi connectivity index (χ1v) is 9.88. The Morgan fingerprint density at radius 2 is 2.10 bits per heavy atom. The Labute approximate surface area is 191 Å². The Kier molecular flexibility index (Phi) is 11.7. The number of nitrogens with zero attached hydrogens (tertiary/aromatic N) is 2. The number of carbonyl (C=O) groups excluding carboxylic acids is 1. The third kappa shape index (κ3) is 9.98. The van der Waals surface area contributed by atoms with Gasteiger partial charge in [0.05, 0.1) is 6.54 Å². The van der Waals surface area contributed by atoms with E-state index in [9.17, 15) is 4.79 Å². The van der Waals surface area contributed by atoms with Gasteiger partial charge >= 0.3 is 0 Å². The average Bonchev–Trinajstić information content (AvgIpc) is 2.66. The predicted molar refractivity (Wildman–Crippen MR) is 129 cm³/mol. The van der Waals surface area contributed by atoms with Crippen LogP contribution in [0.15, 0.2) is 41.4 Å². The predicted octanol–water partition coefficient (Wildman–Crippen LogP) is 2.26. The lowest BCUT2D eigenvalue weighted by molar-refractivity contribution is -0.119. The molecule has 4 N–H and O–H groups in total. The van der Waals surface area contributed by atoms with E-state index in [1.807, 2.05) is 18.2 Å². The van der Waals surface area contributed by atoms with E-state index in [-0.39, 0.29) is 30.6 Å². The number of amides is 1. The summed E-state index contributed by atoms with van der Waals surface area (Å²) in [6.07, 6.45) is 2.18. The summed E-state index contributed by atoms with van der Waals surface area (Å²) >= 11 is 0. The van der Waals surface area contributed by atoms with Crippen molar-refractivity contribution in [2.24, 2.45) is 10.7 Å². The van der Waals surface area contributed by atoms with E-state index in [0.717, 1.165) is 50.5 Å². The van der Waals surface area contributed by atoms with Crippen molar-refractivity contribution in [3.8, 4) is 5.75 Å². The first-order chi connectivity index (χ1) is 13.5. The molecule has 0 bridgehead atoms. The molecular formula is C21H34IN5O2. The number of nitrogens with two attached hydrogens (primary N) is 1. The maximum absolute atomic E-state index is 10.9. The molecule has 0 spiro atoms. The molecule has 0 aromatic heterocycles. The largest absolute Gasteiger partial charge is 0.484 e. The molecule has 1 amide bonds. The highest BCUT2D eigenvalue weighted by molar-refractivity contribution is 14.0. The van der Waals surface area contributed by atoms with Crippen LogP contribution in [0.2, 0.25) is 0 Å². The third-order valence-corrected chi connectivity index (χ3v) is 4.47. The summed E-state index contributed by atoms with van der Waals surface area (Å²) in [5.74, 6) is 0.954. The Hall–Kier alpha value is -1.81. The highest BCUT2D eigenvalue weighted by Crippen LogP contribution is 2.14. The number of hydrogen-bond donors (Lipinski definition) is 3. The topological polar surface area (TPSA) is 92.0 Å². The SMILES string of the molecule is C=C(C)CN1CCC(NC(=NCc2cccc(OCC(N)=O)c2)NCC)CC1.I. The van der Waals surface area contributed by atoms with Crippen LogP contribution in [0.3, 0.4) is 0 Å². The molecular weight excluding hydrogens is 481 g/mol. The third-order valence-electron chi connectivity index (χ3n) is 4.47. The van der Waals surface area contributed by atoms with Gasteiger partial charge in [0, 0.05) is 32.2 Å². The molecule has 1 aliphatic heterocycles. The fourth-order valence-corrected chi connectivity index (χ4v) is 3.19. The molecule has 29 heavy (non-hydrogen) atoms. The second kappa shape index (κ2) is 13.4. The maximum atomic E-state index is 10.9. The van der Waals surface area contributed by atoms with Crippen molar-refractivity contribution < 1.29 is 9.53 Å². The summed E-state index contributed by atoms with van der Waals surface area (Å²) < 4.78 is 5.36. The minimum atomic E-state index is -0.489. The molecule has 1 aromatic rings. The maximum Gasteiger partial charge on any atom is 0.255 e. The van der Waals surface area contributed by atoms with Gasteiger partial charge < -0.3 is 21.1 Å². The van der Waals surface area contributed by atoms with Crippen molar-refractivity contribution in [2.75, 3.05) is 32.8 Å². The molecule has 1 heterocycles. The quantitative estimate of drug-likeness (QED) is 0.203. The number of rotatable bonds is 9. The van der Waals surface area contributed by atoms with Crippen LogP contribution in [-0.4, -0.2) is 55.6 Å². The van der Waals surface area contributed by atoms with Crippen LogP contribution in [0.5, 0.6) is 5.75 Å². The Morgan fingerprint density at radius 3 is 2.72 bits per heavy atom. The number of benzene rings is 1. The van der Waals surface area contributed by atoms with Crippen LogP contribution in [0.4, 0.5) is 0 Å². The summed E-state index contributed by atoms with van der Waals surface area (Å²) in [5.41, 5.74) is 7.34. The van der Waals surface area contributed by atoms with Crippen LogP contribution < -0.4 is 21.1 Å². The fraction of sp³-hybridized carbons (Fsp3) is 0.524. The van der Waals surface area contributed by atoms with Crippen LogP contribution >= 0.6 is 24.0 Å². The van der Waals surface area contributed by atoms with Crippen molar-refractivity contribution in [3.05, 3.63) is 42.0 Å². The normalized spacial score (nSPS) is 15.3. The van der Waals surface area contributed by atoms with Crippen LogP contribution in [0, 0.1) is 0 Å². The molecule has 1 aliphatic rings. The van der Waals surface area contributed by atoms with E-state index in [4.69, 9.17) is 15.5 Å². The van der Waals surface area contributed by atoms with Gasteiger partial charge in [-0.05, 0) is 44.4 Å². The van der Waals surface area contributed by atoms with Crippen molar-refractivity contribution in [1.82, 2.24) is 15.5 Å². The van der Waals surface area contributed by atoms with Crippen LogP contribution in [0.1, 0.15) is 32.3 Å². The minimum absolute atomic E-state index is 0. The fourth-order valence-electron chi connectivity index (χ4n) is 3.19. The number of aliphatic imine (C=N–C) groups is 1. The number of ether oxygens (including phenoxy) is 1. The summed E-state index contributed by atoms with van der Waals surface area (Å²) in [7, 11) is 0. The zero-order chi connectivity index (χ0) is 20.4. The summed E-state index contributed by atoms with van der Waals surface area (Å²) in [6, 6.07) is 7.98. The van der Waals surface area contributed by atoms with Gasteiger partial charge in [-0.3, -0.25) is 9.69 Å². The Balaban J connectivity index is 0.00000420. The first kappa shape index (κ1) is 25.2. The van der Waals surface area contributed by atoms with Crippen molar-refractivity contribution in [3.63, 3.8) is 0 Å². The molecule has 8 heteroatoms. The van der Waals surface area contributed by atoms with Gasteiger partial charge in [0.2, 0.25) is 0 Å². The van der Waals surface area contributed by atoms with Crippen molar-refractivity contribution >= 4 is 35.8 Å². The minimum Gasteiger partial charge on any atom is -0.484 e. The number of likely N-dealkylation sites (tertiary alicyclic amines) is 1. The second-order valence-electron chi connectivity index (χ2n) is 7.25. The Morgan fingerprint density at radius 1 is 1.38 bits per heavy atom. The lowest BCUT2D eigenvalue weighted by Crippen LogP contribution is -2.48. The van der Waals surface area contributed by atoms with E-state index in [2.05, 4.69) is 36.0 Å². The van der Waals surface area contributed by atoms with Gasteiger partial charge in [0.25, 0.3) is 5.91 Å². The second-order valence-corrected chi connectivity index (χ2v) is 7.25. The first-order valence-electron chi connectivity index (χ1n) is 9.88. The summed E-state index contributed by atoms with van der Waals surface area (Å²) in [4.78, 5) is 18.0. The zero-order valence-electron chi connectivity index (χ0n) is 17.4. The van der Waals surface area contributed by atoms with Crippen LogP contribution in [-0.2, 0) is 11.3 Å². The molecule has 2 rings (SSSR count). The van der Waals surface area contributed by atoms with E-state index < -0.39 is 5.91 Å². The number of halogens is 1. The zero-order valence-corrected chi connectivity index (χ0v) is 19.8. The molecule has 1 fully saturated rings. The molecule has 162 valence electrons. The smallest absolute Gasteiger partial charge is 0.255 e. The van der Waals surface area contributed by atoms with Gasteiger partial charge in [-0.1, -0.05) is 24.3 Å². The number of primary amides is 1. The van der Waals surface area contributed by atoms with Gasteiger partial charge in [-0.25, -0.2) is 4.99 Å². The van der Waals surface area contributed by atoms with E-state index >= 15 is 0 Å². The lowest BCUT2D eigenvalue weighted by atomic mass is 10.0. The molecule has 1 saturated heterocycles. The highest BCUT2D eigenvalue weighted by Gasteiger charge is 2.19. The van der Waals surface area contributed by atoms with Crippen molar-refractivity contribution in [2.45, 2.75) is 39.3 Å². The summed E-state index contributed by atoms with van der Waals surface area (Å²) in [5, 5.41) is 6.87. The number of carbonyl (C=O) groups is 1. The molecule has 0 atom stereocenters. The Bertz CT molecular complexity index is 687. The number of guanidine groups is 1. The molecule has 1 aromatic carbocycles. The molecule has 0 radical (unpaired) electrons. The molecule has 0 unspecified atom stereocenters. The standard InChI is InChI=1S/C21H33N5O2.HI/c1-4-23-21(25-18-8-10-26(11-9-18)14-16(2)3)24-13-17-6-5-7-19(12-17)28-15-20(22)27;/h5-7,12,18H,2,4,8-11,13-15H2,1,3H3,(H2,22,27)(H2,23,24,25);1H. The van der Waals surface area contributed by atoms with Gasteiger partial charge in [0.15, 0.2) is 12.6 Å². The van der Waals surface area contributed by atoms with Gasteiger partial charge in [0.1, 0.15) is 5.75 Å². The lowest BCUT2D eigenvalue weighted by Gasteiger charge is -2.33. The highest BCUT2D eigenvalue weighted by atomic mass is 127. The van der Waals surface area contributed by atoms with Gasteiger partial charge in [-0.2, -0.15) is 0 Å². The monoisotopic (exact) mass is 515 g/mol. The summed E-state index contributed by atoms with van der Waals surface area (Å²) in [6.45, 7) is 12.5. The van der Waals surface area contributed by atoms with Crippen molar-refractivity contribution in [1.29, 1.82) is 0 Å². The van der Waals surface area contributed by atoms with E-state index in [0.29, 0.717) is 18.3 Å². The molecule has 0 aliphatic carbocycles.